The van der Waals surface area contributed by atoms with E-state index in [1.807, 2.05) is 17.9 Å². The number of hydrogen-bond acceptors (Lipinski definition) is 4. The van der Waals surface area contributed by atoms with Gasteiger partial charge in [0.05, 0.1) is 6.20 Å². The number of piperazine rings is 1. The van der Waals surface area contributed by atoms with Crippen LogP contribution in [0.1, 0.15) is 5.56 Å². The van der Waals surface area contributed by atoms with Crippen LogP contribution in [0.5, 0.6) is 0 Å². The van der Waals surface area contributed by atoms with Crippen LogP contribution in [0, 0.1) is 0 Å². The molecule has 0 spiro atoms. The first-order valence-electron chi connectivity index (χ1n) is 5.42. The van der Waals surface area contributed by atoms with Gasteiger partial charge in [-0.3, -0.25) is 9.58 Å². The number of nitrogens with one attached hydrogen (secondary N) is 1. The summed E-state index contributed by atoms with van der Waals surface area (Å²) in [7, 11) is 1.95. The van der Waals surface area contributed by atoms with Crippen molar-refractivity contribution in [3.63, 3.8) is 0 Å². The Morgan fingerprint density at radius 3 is 3.20 bits per heavy atom. The molecule has 0 radical (unpaired) electrons. The van der Waals surface area contributed by atoms with E-state index in [-0.39, 0.29) is 0 Å². The van der Waals surface area contributed by atoms with Crippen molar-refractivity contribution >= 4 is 0 Å². The zero-order valence-electron chi connectivity index (χ0n) is 9.19. The minimum Gasteiger partial charge on any atom is -0.329 e. The van der Waals surface area contributed by atoms with E-state index >= 15 is 0 Å². The number of nitrogens with two attached hydrogens (primary N) is 1. The van der Waals surface area contributed by atoms with Gasteiger partial charge in [0.15, 0.2) is 0 Å². The van der Waals surface area contributed by atoms with Crippen LogP contribution in [-0.2, 0) is 13.6 Å². The molecule has 0 bridgehead atoms. The maximum absolute atomic E-state index is 5.75. The molecule has 5 nitrogen and oxygen atoms in total. The summed E-state index contributed by atoms with van der Waals surface area (Å²) in [6.45, 7) is 4.79. The SMILES string of the molecule is Cn1cc(CN2CCNCC2CN)cn1. The second-order valence-corrected chi connectivity index (χ2v) is 4.09. The van der Waals surface area contributed by atoms with E-state index in [1.165, 1.54) is 5.56 Å². The summed E-state index contributed by atoms with van der Waals surface area (Å²) in [4.78, 5) is 2.42. The minimum atomic E-state index is 0.457. The van der Waals surface area contributed by atoms with Crippen LogP contribution in [0.2, 0.25) is 0 Å². The number of aryl methyl sites for hydroxylation is 1. The molecule has 1 unspecified atom stereocenters. The maximum atomic E-state index is 5.75. The van der Waals surface area contributed by atoms with E-state index in [0.29, 0.717) is 12.6 Å². The molecule has 15 heavy (non-hydrogen) atoms. The van der Waals surface area contributed by atoms with Crippen LogP contribution in [0.15, 0.2) is 12.4 Å². The fraction of sp³-hybridized carbons (Fsp3) is 0.700. The predicted octanol–water partition coefficient (Wildman–Crippen LogP) is -0.847. The number of nitrogens with zero attached hydrogens (tertiary/aromatic N) is 3. The van der Waals surface area contributed by atoms with Gasteiger partial charge in [-0.15, -0.1) is 0 Å². The highest BCUT2D eigenvalue weighted by atomic mass is 15.3. The summed E-state index contributed by atoms with van der Waals surface area (Å²) >= 11 is 0. The van der Waals surface area contributed by atoms with Gasteiger partial charge in [0, 0.05) is 57.6 Å². The van der Waals surface area contributed by atoms with Crippen molar-refractivity contribution in [1.82, 2.24) is 20.0 Å². The topological polar surface area (TPSA) is 59.1 Å². The van der Waals surface area contributed by atoms with E-state index in [2.05, 4.69) is 21.5 Å². The molecule has 0 aliphatic carbocycles. The molecule has 1 aliphatic rings. The molecule has 0 aromatic carbocycles. The Bertz CT molecular complexity index is 309. The van der Waals surface area contributed by atoms with Crippen LogP contribution in [0.4, 0.5) is 0 Å². The van der Waals surface area contributed by atoms with Gasteiger partial charge in [-0.25, -0.2) is 0 Å². The average molecular weight is 209 g/mol. The monoisotopic (exact) mass is 209 g/mol. The molecular formula is C10H19N5. The average Bonchev–Trinajstić information content (AvgIpc) is 2.65. The van der Waals surface area contributed by atoms with E-state index in [0.717, 1.165) is 26.2 Å². The van der Waals surface area contributed by atoms with Gasteiger partial charge < -0.3 is 11.1 Å². The fourth-order valence-electron chi connectivity index (χ4n) is 2.03. The molecule has 0 amide bonds. The van der Waals surface area contributed by atoms with Crippen LogP contribution in [0.3, 0.4) is 0 Å². The Morgan fingerprint density at radius 1 is 1.67 bits per heavy atom. The third-order valence-electron chi connectivity index (χ3n) is 2.89. The lowest BCUT2D eigenvalue weighted by atomic mass is 10.1. The summed E-state index contributed by atoms with van der Waals surface area (Å²) in [5.74, 6) is 0. The number of rotatable bonds is 3. The van der Waals surface area contributed by atoms with Crippen LogP contribution >= 0.6 is 0 Å². The molecule has 1 atom stereocenters. The zero-order chi connectivity index (χ0) is 10.7. The third-order valence-corrected chi connectivity index (χ3v) is 2.89. The highest BCUT2D eigenvalue weighted by molar-refractivity contribution is 5.04. The summed E-state index contributed by atoms with van der Waals surface area (Å²) in [6, 6.07) is 0.457. The fourth-order valence-corrected chi connectivity index (χ4v) is 2.03. The molecule has 1 aromatic rings. The largest absolute Gasteiger partial charge is 0.329 e. The van der Waals surface area contributed by atoms with Crippen molar-refractivity contribution in [1.29, 1.82) is 0 Å². The van der Waals surface area contributed by atoms with Crippen molar-refractivity contribution in [2.45, 2.75) is 12.6 Å². The molecule has 2 heterocycles. The van der Waals surface area contributed by atoms with Gasteiger partial charge in [0.1, 0.15) is 0 Å². The van der Waals surface area contributed by atoms with E-state index < -0.39 is 0 Å². The van der Waals surface area contributed by atoms with Crippen molar-refractivity contribution in [2.75, 3.05) is 26.2 Å². The normalized spacial score (nSPS) is 23.2. The molecule has 1 saturated heterocycles. The van der Waals surface area contributed by atoms with E-state index in [9.17, 15) is 0 Å². The molecule has 84 valence electrons. The first-order valence-corrected chi connectivity index (χ1v) is 5.42. The lowest BCUT2D eigenvalue weighted by Gasteiger charge is -2.35. The Hall–Kier alpha value is -0.910. The second kappa shape index (κ2) is 4.74. The lowest BCUT2D eigenvalue weighted by molar-refractivity contribution is 0.158. The van der Waals surface area contributed by atoms with E-state index in [1.54, 1.807) is 0 Å². The van der Waals surface area contributed by atoms with Gasteiger partial charge in [0.25, 0.3) is 0 Å². The summed E-state index contributed by atoms with van der Waals surface area (Å²) in [5, 5.41) is 7.54. The molecule has 1 aliphatic heterocycles. The van der Waals surface area contributed by atoms with Gasteiger partial charge in [-0.2, -0.15) is 5.10 Å². The quantitative estimate of drug-likeness (QED) is 0.681. The van der Waals surface area contributed by atoms with Crippen molar-refractivity contribution in [2.24, 2.45) is 12.8 Å². The molecule has 1 aromatic heterocycles. The van der Waals surface area contributed by atoms with Crippen molar-refractivity contribution in [3.05, 3.63) is 18.0 Å². The zero-order valence-corrected chi connectivity index (χ0v) is 9.19. The summed E-state index contributed by atoms with van der Waals surface area (Å²) < 4.78 is 1.84. The highest BCUT2D eigenvalue weighted by Crippen LogP contribution is 2.08. The number of hydrogen-bond donors (Lipinski definition) is 2. The summed E-state index contributed by atoms with van der Waals surface area (Å²) in [5.41, 5.74) is 7.01. The smallest absolute Gasteiger partial charge is 0.0534 e. The van der Waals surface area contributed by atoms with Gasteiger partial charge >= 0.3 is 0 Å². The number of aromatic nitrogens is 2. The Kier molecular flexibility index (Phi) is 3.35. The molecule has 1 fully saturated rings. The highest BCUT2D eigenvalue weighted by Gasteiger charge is 2.20. The first-order chi connectivity index (χ1) is 7.29. The van der Waals surface area contributed by atoms with Crippen LogP contribution < -0.4 is 11.1 Å². The minimum absolute atomic E-state index is 0.457. The van der Waals surface area contributed by atoms with Gasteiger partial charge in [-0.1, -0.05) is 0 Å². The Labute approximate surface area is 90.2 Å². The Morgan fingerprint density at radius 2 is 2.53 bits per heavy atom. The van der Waals surface area contributed by atoms with Crippen LogP contribution in [-0.4, -0.2) is 46.9 Å². The molecule has 0 saturated carbocycles. The third kappa shape index (κ3) is 2.56. The van der Waals surface area contributed by atoms with E-state index in [4.69, 9.17) is 5.73 Å². The molecule has 3 N–H and O–H groups in total. The van der Waals surface area contributed by atoms with Gasteiger partial charge in [0.2, 0.25) is 0 Å². The molecule has 5 heteroatoms. The first kappa shape index (κ1) is 10.6. The maximum Gasteiger partial charge on any atom is 0.0534 e. The lowest BCUT2D eigenvalue weighted by Crippen LogP contribution is -2.53. The molecule has 2 rings (SSSR count). The summed E-state index contributed by atoms with van der Waals surface area (Å²) in [6.07, 6.45) is 3.99. The van der Waals surface area contributed by atoms with Crippen molar-refractivity contribution in [3.8, 4) is 0 Å². The Balaban J connectivity index is 1.97. The van der Waals surface area contributed by atoms with Gasteiger partial charge in [-0.05, 0) is 0 Å². The predicted molar refractivity (Wildman–Crippen MR) is 59.3 cm³/mol. The standard InChI is InChI=1S/C10H19N5/c1-14-7-9(5-13-14)8-15-3-2-12-6-10(15)4-11/h5,7,10,12H,2-4,6,8,11H2,1H3. The molecular weight excluding hydrogens is 190 g/mol. The second-order valence-electron chi connectivity index (χ2n) is 4.09. The van der Waals surface area contributed by atoms with Crippen LogP contribution in [0.25, 0.3) is 0 Å². The van der Waals surface area contributed by atoms with Crippen molar-refractivity contribution < 1.29 is 0 Å².